The minimum Gasteiger partial charge on any atom is -0.306 e. The summed E-state index contributed by atoms with van der Waals surface area (Å²) in [6.07, 6.45) is 0. The molecule has 0 saturated heterocycles. The lowest BCUT2D eigenvalue weighted by molar-refractivity contribution is 0.472. The van der Waals surface area contributed by atoms with Crippen LogP contribution in [0.5, 0.6) is 0 Å². The van der Waals surface area contributed by atoms with Crippen molar-refractivity contribution in [2.24, 2.45) is 0 Å². The maximum Gasteiger partial charge on any atom is 0.163 e. The molecule has 19 heavy (non-hydrogen) atoms. The van der Waals surface area contributed by atoms with Crippen molar-refractivity contribution >= 4 is 0 Å². The molecule has 0 fully saturated rings. The first-order valence-electron chi connectivity index (χ1n) is 6.31. The van der Waals surface area contributed by atoms with E-state index in [0.717, 1.165) is 11.6 Å². The van der Waals surface area contributed by atoms with Crippen LogP contribution in [0.25, 0.3) is 0 Å². The molecule has 0 saturated carbocycles. The highest BCUT2D eigenvalue weighted by molar-refractivity contribution is 5.24. The van der Waals surface area contributed by atoms with Crippen molar-refractivity contribution in [3.05, 3.63) is 70.8 Å². The standard InChI is InChI=1S/C16H17F2N/c1-11-6-8-13(9-7-11)10-19-12(2)14-4-3-5-15(17)16(14)18/h3-9,12,19H,10H2,1-2H3. The van der Waals surface area contributed by atoms with Crippen LogP contribution in [-0.4, -0.2) is 0 Å². The van der Waals surface area contributed by atoms with Gasteiger partial charge in [-0.1, -0.05) is 42.0 Å². The summed E-state index contributed by atoms with van der Waals surface area (Å²) in [7, 11) is 0. The Labute approximate surface area is 112 Å². The summed E-state index contributed by atoms with van der Waals surface area (Å²) in [6.45, 7) is 4.48. The Morgan fingerprint density at radius 2 is 1.74 bits per heavy atom. The summed E-state index contributed by atoms with van der Waals surface area (Å²) < 4.78 is 26.8. The van der Waals surface area contributed by atoms with Crippen LogP contribution in [0.15, 0.2) is 42.5 Å². The van der Waals surface area contributed by atoms with Gasteiger partial charge in [0.1, 0.15) is 0 Å². The van der Waals surface area contributed by atoms with Gasteiger partial charge in [-0.2, -0.15) is 0 Å². The van der Waals surface area contributed by atoms with E-state index in [-0.39, 0.29) is 6.04 Å². The predicted molar refractivity (Wildman–Crippen MR) is 72.8 cm³/mol. The van der Waals surface area contributed by atoms with E-state index in [0.29, 0.717) is 12.1 Å². The zero-order valence-electron chi connectivity index (χ0n) is 11.1. The van der Waals surface area contributed by atoms with Crippen LogP contribution >= 0.6 is 0 Å². The Kier molecular flexibility index (Phi) is 4.27. The van der Waals surface area contributed by atoms with Gasteiger partial charge in [0.05, 0.1) is 0 Å². The van der Waals surface area contributed by atoms with E-state index < -0.39 is 11.6 Å². The zero-order chi connectivity index (χ0) is 13.8. The molecule has 2 aromatic carbocycles. The van der Waals surface area contributed by atoms with E-state index in [4.69, 9.17) is 0 Å². The lowest BCUT2D eigenvalue weighted by atomic mass is 10.1. The molecule has 1 atom stereocenters. The van der Waals surface area contributed by atoms with Gasteiger partial charge < -0.3 is 5.32 Å². The molecule has 0 aromatic heterocycles. The lowest BCUT2D eigenvalue weighted by Crippen LogP contribution is -2.19. The van der Waals surface area contributed by atoms with Crippen LogP contribution < -0.4 is 5.32 Å². The molecule has 1 nitrogen and oxygen atoms in total. The zero-order valence-corrected chi connectivity index (χ0v) is 11.1. The van der Waals surface area contributed by atoms with Gasteiger partial charge in [-0.15, -0.1) is 0 Å². The van der Waals surface area contributed by atoms with Crippen molar-refractivity contribution in [3.63, 3.8) is 0 Å². The molecule has 0 aliphatic rings. The Hall–Kier alpha value is -1.74. The van der Waals surface area contributed by atoms with Crippen molar-refractivity contribution in [2.75, 3.05) is 0 Å². The van der Waals surface area contributed by atoms with E-state index in [9.17, 15) is 8.78 Å². The van der Waals surface area contributed by atoms with Crippen molar-refractivity contribution in [3.8, 4) is 0 Å². The number of halogens is 2. The van der Waals surface area contributed by atoms with E-state index in [1.54, 1.807) is 6.07 Å². The van der Waals surface area contributed by atoms with Crippen LogP contribution in [0.3, 0.4) is 0 Å². The minimum atomic E-state index is -0.804. The fourth-order valence-electron chi connectivity index (χ4n) is 1.94. The number of nitrogens with one attached hydrogen (secondary N) is 1. The second kappa shape index (κ2) is 5.93. The summed E-state index contributed by atoms with van der Waals surface area (Å²) in [4.78, 5) is 0. The molecule has 100 valence electrons. The molecule has 0 bridgehead atoms. The first-order valence-corrected chi connectivity index (χ1v) is 6.31. The van der Waals surface area contributed by atoms with Crippen molar-refractivity contribution < 1.29 is 8.78 Å². The highest BCUT2D eigenvalue weighted by atomic mass is 19.2. The molecule has 1 unspecified atom stereocenters. The van der Waals surface area contributed by atoms with Gasteiger partial charge in [0.25, 0.3) is 0 Å². The first kappa shape index (κ1) is 13.7. The molecular formula is C16H17F2N. The largest absolute Gasteiger partial charge is 0.306 e. The molecule has 0 aliphatic carbocycles. The molecule has 0 amide bonds. The smallest absolute Gasteiger partial charge is 0.163 e. The minimum absolute atomic E-state index is 0.239. The van der Waals surface area contributed by atoms with Gasteiger partial charge >= 0.3 is 0 Å². The summed E-state index contributed by atoms with van der Waals surface area (Å²) in [5.41, 5.74) is 2.68. The molecule has 2 rings (SSSR count). The van der Waals surface area contributed by atoms with Crippen molar-refractivity contribution in [1.29, 1.82) is 0 Å². The van der Waals surface area contributed by atoms with Crippen LogP contribution in [0, 0.1) is 18.6 Å². The maximum atomic E-state index is 13.6. The highest BCUT2D eigenvalue weighted by Crippen LogP contribution is 2.19. The SMILES string of the molecule is Cc1ccc(CNC(C)c2cccc(F)c2F)cc1. The van der Waals surface area contributed by atoms with Crippen molar-refractivity contribution in [1.82, 2.24) is 5.32 Å². The number of hydrogen-bond donors (Lipinski definition) is 1. The molecule has 2 aromatic rings. The number of rotatable bonds is 4. The van der Waals surface area contributed by atoms with E-state index in [1.165, 1.54) is 11.6 Å². The molecule has 0 aliphatic heterocycles. The third-order valence-electron chi connectivity index (χ3n) is 3.18. The topological polar surface area (TPSA) is 12.0 Å². The summed E-state index contributed by atoms with van der Waals surface area (Å²) >= 11 is 0. The summed E-state index contributed by atoms with van der Waals surface area (Å²) in [5.74, 6) is -1.58. The van der Waals surface area contributed by atoms with Gasteiger partial charge in [0.2, 0.25) is 0 Å². The van der Waals surface area contributed by atoms with Crippen LogP contribution in [0.2, 0.25) is 0 Å². The Morgan fingerprint density at radius 3 is 2.42 bits per heavy atom. The Balaban J connectivity index is 2.03. The Bertz CT molecular complexity index is 549. The monoisotopic (exact) mass is 261 g/mol. The van der Waals surface area contributed by atoms with Crippen molar-refractivity contribution in [2.45, 2.75) is 26.4 Å². The molecular weight excluding hydrogens is 244 g/mol. The van der Waals surface area contributed by atoms with Crippen LogP contribution in [0.4, 0.5) is 8.78 Å². The normalized spacial score (nSPS) is 12.4. The van der Waals surface area contributed by atoms with Gasteiger partial charge in [0, 0.05) is 18.2 Å². The van der Waals surface area contributed by atoms with E-state index in [2.05, 4.69) is 5.32 Å². The van der Waals surface area contributed by atoms with Gasteiger partial charge in [0.15, 0.2) is 11.6 Å². The second-order valence-corrected chi connectivity index (χ2v) is 4.73. The molecule has 3 heteroatoms. The average Bonchev–Trinajstić information content (AvgIpc) is 2.41. The molecule has 1 N–H and O–H groups in total. The number of aryl methyl sites for hydroxylation is 1. The number of hydrogen-bond acceptors (Lipinski definition) is 1. The summed E-state index contributed by atoms with van der Waals surface area (Å²) in [5, 5.41) is 3.20. The molecule has 0 spiro atoms. The third kappa shape index (κ3) is 3.38. The lowest BCUT2D eigenvalue weighted by Gasteiger charge is -2.15. The maximum absolute atomic E-state index is 13.6. The predicted octanol–water partition coefficient (Wildman–Crippen LogP) is 4.12. The summed E-state index contributed by atoms with van der Waals surface area (Å²) in [6, 6.07) is 12.1. The Morgan fingerprint density at radius 1 is 1.05 bits per heavy atom. The fraction of sp³-hybridized carbons (Fsp3) is 0.250. The highest BCUT2D eigenvalue weighted by Gasteiger charge is 2.13. The molecule has 0 radical (unpaired) electrons. The fourth-order valence-corrected chi connectivity index (χ4v) is 1.94. The van der Waals surface area contributed by atoms with Gasteiger partial charge in [-0.3, -0.25) is 0 Å². The van der Waals surface area contributed by atoms with Gasteiger partial charge in [-0.25, -0.2) is 8.78 Å². The van der Waals surface area contributed by atoms with Crippen LogP contribution in [-0.2, 0) is 6.54 Å². The first-order chi connectivity index (χ1) is 9.08. The van der Waals surface area contributed by atoms with Gasteiger partial charge in [-0.05, 0) is 25.5 Å². The number of benzene rings is 2. The van der Waals surface area contributed by atoms with Crippen LogP contribution in [0.1, 0.15) is 29.7 Å². The second-order valence-electron chi connectivity index (χ2n) is 4.73. The quantitative estimate of drug-likeness (QED) is 0.872. The third-order valence-corrected chi connectivity index (χ3v) is 3.18. The van der Waals surface area contributed by atoms with E-state index in [1.807, 2.05) is 38.1 Å². The molecule has 0 heterocycles. The van der Waals surface area contributed by atoms with E-state index >= 15 is 0 Å². The average molecular weight is 261 g/mol.